The van der Waals surface area contributed by atoms with Gasteiger partial charge in [0.2, 0.25) is 0 Å². The second-order valence-electron chi connectivity index (χ2n) is 3.24. The van der Waals surface area contributed by atoms with Gasteiger partial charge in [0, 0.05) is 0 Å². The molecule has 2 aromatic heterocycles. The number of halogens is 1. The zero-order chi connectivity index (χ0) is 10.8. The molecular formula is C10H11ClN2O2. The Labute approximate surface area is 92.2 Å². The molecule has 0 saturated heterocycles. The van der Waals surface area contributed by atoms with Crippen molar-refractivity contribution in [2.45, 2.75) is 25.6 Å². The first-order chi connectivity index (χ1) is 7.20. The smallest absolute Gasteiger partial charge is 0.293 e. The Hall–Kier alpha value is -1.29. The normalized spacial score (nSPS) is 13.0. The van der Waals surface area contributed by atoms with Crippen LogP contribution >= 0.6 is 11.6 Å². The number of nitrogens with zero attached hydrogens (tertiary/aromatic N) is 2. The summed E-state index contributed by atoms with van der Waals surface area (Å²) < 4.78 is 10.4. The third-order valence-electron chi connectivity index (χ3n) is 2.03. The van der Waals surface area contributed by atoms with E-state index in [1.807, 2.05) is 19.9 Å². The Bertz CT molecular complexity index is 450. The van der Waals surface area contributed by atoms with E-state index in [1.165, 1.54) is 0 Å². The lowest BCUT2D eigenvalue weighted by atomic mass is 10.3. The summed E-state index contributed by atoms with van der Waals surface area (Å²) in [6, 6.07) is 3.64. The van der Waals surface area contributed by atoms with Crippen molar-refractivity contribution in [1.82, 2.24) is 10.1 Å². The fourth-order valence-electron chi connectivity index (χ4n) is 1.19. The van der Waals surface area contributed by atoms with E-state index in [4.69, 9.17) is 20.5 Å². The van der Waals surface area contributed by atoms with Crippen molar-refractivity contribution in [3.8, 4) is 11.7 Å². The van der Waals surface area contributed by atoms with Crippen LogP contribution in [0.2, 0.25) is 0 Å². The van der Waals surface area contributed by atoms with Gasteiger partial charge in [0.25, 0.3) is 5.89 Å². The molecule has 0 fully saturated rings. The van der Waals surface area contributed by atoms with Crippen LogP contribution in [-0.4, -0.2) is 10.1 Å². The first-order valence-electron chi connectivity index (χ1n) is 4.75. The minimum atomic E-state index is -0.210. The number of alkyl halides is 1. The highest BCUT2D eigenvalue weighted by atomic mass is 35.5. The van der Waals surface area contributed by atoms with Gasteiger partial charge in [-0.15, -0.1) is 11.6 Å². The maximum Gasteiger partial charge on any atom is 0.293 e. The number of rotatable bonds is 3. The molecule has 2 aromatic rings. The van der Waals surface area contributed by atoms with Gasteiger partial charge >= 0.3 is 0 Å². The van der Waals surface area contributed by atoms with Crippen molar-refractivity contribution in [3.05, 3.63) is 23.7 Å². The van der Waals surface area contributed by atoms with Crippen molar-refractivity contribution in [2.75, 3.05) is 0 Å². The van der Waals surface area contributed by atoms with E-state index < -0.39 is 0 Å². The fraction of sp³-hybridized carbons (Fsp3) is 0.400. The predicted octanol–water partition coefficient (Wildman–Crippen LogP) is 3.33. The van der Waals surface area contributed by atoms with E-state index in [0.29, 0.717) is 17.5 Å². The van der Waals surface area contributed by atoms with Crippen LogP contribution in [0.25, 0.3) is 11.7 Å². The van der Waals surface area contributed by atoms with Crippen molar-refractivity contribution < 1.29 is 8.94 Å². The SMILES string of the molecule is CCC(Cl)c1noc(-c2ccc(C)o2)n1. The van der Waals surface area contributed by atoms with E-state index >= 15 is 0 Å². The van der Waals surface area contributed by atoms with Crippen molar-refractivity contribution in [2.24, 2.45) is 0 Å². The highest BCUT2D eigenvalue weighted by molar-refractivity contribution is 6.20. The van der Waals surface area contributed by atoms with Crippen LogP contribution in [0.1, 0.15) is 30.3 Å². The average Bonchev–Trinajstić information content (AvgIpc) is 2.84. The summed E-state index contributed by atoms with van der Waals surface area (Å²) in [5.74, 6) is 2.26. The van der Waals surface area contributed by atoms with Crippen LogP contribution in [0.4, 0.5) is 0 Å². The Balaban J connectivity index is 2.27. The second-order valence-corrected chi connectivity index (χ2v) is 3.77. The molecule has 0 aromatic carbocycles. The lowest BCUT2D eigenvalue weighted by Gasteiger charge is -1.95. The quantitative estimate of drug-likeness (QED) is 0.754. The van der Waals surface area contributed by atoms with Gasteiger partial charge in [0.1, 0.15) is 5.76 Å². The first kappa shape index (κ1) is 10.2. The minimum Gasteiger partial charge on any atom is -0.456 e. The molecule has 0 aliphatic rings. The summed E-state index contributed by atoms with van der Waals surface area (Å²) in [7, 11) is 0. The van der Waals surface area contributed by atoms with E-state index in [2.05, 4.69) is 10.1 Å². The molecule has 2 heterocycles. The Morgan fingerprint density at radius 1 is 1.47 bits per heavy atom. The van der Waals surface area contributed by atoms with E-state index in [1.54, 1.807) is 6.07 Å². The number of aryl methyl sites for hydroxylation is 1. The van der Waals surface area contributed by atoms with Gasteiger partial charge in [0.15, 0.2) is 11.6 Å². The maximum atomic E-state index is 5.98. The van der Waals surface area contributed by atoms with E-state index in [0.717, 1.165) is 12.2 Å². The molecule has 5 heteroatoms. The topological polar surface area (TPSA) is 52.1 Å². The van der Waals surface area contributed by atoms with Gasteiger partial charge in [-0.25, -0.2) is 0 Å². The molecule has 15 heavy (non-hydrogen) atoms. The molecule has 0 bridgehead atoms. The molecule has 2 rings (SSSR count). The molecule has 0 aliphatic heterocycles. The molecule has 80 valence electrons. The minimum absolute atomic E-state index is 0.210. The van der Waals surface area contributed by atoms with E-state index in [9.17, 15) is 0 Å². The molecule has 0 N–H and O–H groups in total. The second kappa shape index (κ2) is 4.06. The van der Waals surface area contributed by atoms with Gasteiger partial charge in [-0.05, 0) is 25.5 Å². The van der Waals surface area contributed by atoms with Crippen LogP contribution in [0.5, 0.6) is 0 Å². The molecule has 0 spiro atoms. The Morgan fingerprint density at radius 2 is 2.27 bits per heavy atom. The highest BCUT2D eigenvalue weighted by Gasteiger charge is 2.16. The lowest BCUT2D eigenvalue weighted by Crippen LogP contribution is -1.90. The summed E-state index contributed by atoms with van der Waals surface area (Å²) in [5.41, 5.74) is 0. The predicted molar refractivity (Wildman–Crippen MR) is 55.6 cm³/mol. The zero-order valence-electron chi connectivity index (χ0n) is 8.53. The lowest BCUT2D eigenvalue weighted by molar-refractivity contribution is 0.405. The Morgan fingerprint density at radius 3 is 2.87 bits per heavy atom. The summed E-state index contributed by atoms with van der Waals surface area (Å²) in [4.78, 5) is 4.16. The number of aromatic nitrogens is 2. The van der Waals surface area contributed by atoms with Crippen LogP contribution in [0.15, 0.2) is 21.1 Å². The molecule has 0 saturated carbocycles. The molecule has 1 atom stereocenters. The average molecular weight is 227 g/mol. The zero-order valence-corrected chi connectivity index (χ0v) is 9.28. The summed E-state index contributed by atoms with van der Waals surface area (Å²) >= 11 is 5.98. The third kappa shape index (κ3) is 2.04. The van der Waals surface area contributed by atoms with Crippen LogP contribution < -0.4 is 0 Å². The van der Waals surface area contributed by atoms with Gasteiger partial charge < -0.3 is 8.94 Å². The van der Waals surface area contributed by atoms with Crippen LogP contribution in [0, 0.1) is 6.92 Å². The molecule has 4 nitrogen and oxygen atoms in total. The molecule has 0 radical (unpaired) electrons. The summed E-state index contributed by atoms with van der Waals surface area (Å²) in [5, 5.41) is 3.58. The van der Waals surface area contributed by atoms with Crippen LogP contribution in [0.3, 0.4) is 0 Å². The van der Waals surface area contributed by atoms with Crippen molar-refractivity contribution in [3.63, 3.8) is 0 Å². The Kier molecular flexibility index (Phi) is 2.77. The standard InChI is InChI=1S/C10H11ClN2O2/c1-3-7(11)9-12-10(15-13-9)8-5-4-6(2)14-8/h4-5,7H,3H2,1-2H3. The maximum absolute atomic E-state index is 5.98. The summed E-state index contributed by atoms with van der Waals surface area (Å²) in [6.45, 7) is 3.82. The number of furan rings is 1. The van der Waals surface area contributed by atoms with Gasteiger partial charge in [0.05, 0.1) is 5.38 Å². The fourth-order valence-corrected chi connectivity index (χ4v) is 1.28. The third-order valence-corrected chi connectivity index (χ3v) is 2.54. The first-order valence-corrected chi connectivity index (χ1v) is 5.19. The number of hydrogen-bond acceptors (Lipinski definition) is 4. The molecule has 0 aliphatic carbocycles. The van der Waals surface area contributed by atoms with Gasteiger partial charge in [-0.2, -0.15) is 4.98 Å². The highest BCUT2D eigenvalue weighted by Crippen LogP contribution is 2.25. The molecule has 0 amide bonds. The molecule has 1 unspecified atom stereocenters. The van der Waals surface area contributed by atoms with Crippen LogP contribution in [-0.2, 0) is 0 Å². The van der Waals surface area contributed by atoms with Gasteiger partial charge in [-0.1, -0.05) is 12.1 Å². The largest absolute Gasteiger partial charge is 0.456 e. The van der Waals surface area contributed by atoms with Crippen molar-refractivity contribution in [1.29, 1.82) is 0 Å². The summed E-state index contributed by atoms with van der Waals surface area (Å²) in [6.07, 6.45) is 0.762. The molecular weight excluding hydrogens is 216 g/mol. The monoisotopic (exact) mass is 226 g/mol. The van der Waals surface area contributed by atoms with E-state index in [-0.39, 0.29) is 5.38 Å². The van der Waals surface area contributed by atoms with Gasteiger partial charge in [-0.3, -0.25) is 0 Å². The van der Waals surface area contributed by atoms with Crippen molar-refractivity contribution >= 4 is 11.6 Å². The number of hydrogen-bond donors (Lipinski definition) is 0.